The van der Waals surface area contributed by atoms with E-state index in [9.17, 15) is 9.90 Å². The summed E-state index contributed by atoms with van der Waals surface area (Å²) < 4.78 is 5.20. The maximum Gasteiger partial charge on any atom is 0.306 e. The van der Waals surface area contributed by atoms with E-state index in [4.69, 9.17) is 4.74 Å². The Hall–Kier alpha value is -1.51. The highest BCUT2D eigenvalue weighted by atomic mass is 16.5. The number of carbonyl (C=O) groups excluding carboxylic acids is 1. The van der Waals surface area contributed by atoms with E-state index in [1.165, 1.54) is 0 Å². The summed E-state index contributed by atoms with van der Waals surface area (Å²) in [5.41, 5.74) is 2.62. The van der Waals surface area contributed by atoms with Crippen LogP contribution < -0.4 is 0 Å². The number of phenols is 1. The van der Waals surface area contributed by atoms with Crippen LogP contribution in [0.3, 0.4) is 0 Å². The third-order valence-corrected chi connectivity index (χ3v) is 3.77. The Labute approximate surface area is 141 Å². The molecular formula is C20H32O3. The van der Waals surface area contributed by atoms with Crippen LogP contribution >= 0.6 is 0 Å². The SMILES string of the molecule is CC(C)OC(=O)CCc1cc(C(C)(C)C)c(O)c(C(C)(C)C)c1. The predicted octanol–water partition coefficient (Wildman–Crippen LogP) is 4.87. The van der Waals surface area contributed by atoms with Crippen molar-refractivity contribution in [1.82, 2.24) is 0 Å². The van der Waals surface area contributed by atoms with Gasteiger partial charge < -0.3 is 9.84 Å². The minimum absolute atomic E-state index is 0.0856. The van der Waals surface area contributed by atoms with E-state index in [1.807, 2.05) is 26.0 Å². The lowest BCUT2D eigenvalue weighted by atomic mass is 9.78. The molecule has 0 heterocycles. The summed E-state index contributed by atoms with van der Waals surface area (Å²) >= 11 is 0. The van der Waals surface area contributed by atoms with Crippen molar-refractivity contribution in [2.24, 2.45) is 0 Å². The lowest BCUT2D eigenvalue weighted by Gasteiger charge is -2.28. The molecule has 0 spiro atoms. The number of esters is 1. The van der Waals surface area contributed by atoms with Crippen LogP contribution in [0, 0.1) is 0 Å². The zero-order chi connectivity index (χ0) is 18.0. The van der Waals surface area contributed by atoms with Gasteiger partial charge in [0.15, 0.2) is 0 Å². The molecule has 1 rings (SSSR count). The van der Waals surface area contributed by atoms with Gasteiger partial charge in [-0.05, 0) is 47.8 Å². The number of hydrogen-bond donors (Lipinski definition) is 1. The molecule has 1 aromatic rings. The van der Waals surface area contributed by atoms with Crippen LogP contribution in [0.1, 0.15) is 78.5 Å². The summed E-state index contributed by atoms with van der Waals surface area (Å²) in [6, 6.07) is 4.04. The molecule has 0 aliphatic heterocycles. The van der Waals surface area contributed by atoms with Gasteiger partial charge in [-0.25, -0.2) is 0 Å². The van der Waals surface area contributed by atoms with Gasteiger partial charge in [-0.1, -0.05) is 53.7 Å². The third kappa shape index (κ3) is 5.56. The van der Waals surface area contributed by atoms with Gasteiger partial charge >= 0.3 is 5.97 Å². The quantitative estimate of drug-likeness (QED) is 0.805. The Balaban J connectivity index is 3.16. The van der Waals surface area contributed by atoms with E-state index >= 15 is 0 Å². The highest BCUT2D eigenvalue weighted by molar-refractivity contribution is 5.70. The number of ether oxygens (including phenoxy) is 1. The molecule has 23 heavy (non-hydrogen) atoms. The number of phenolic OH excluding ortho intramolecular Hbond substituents is 1. The number of hydrogen-bond acceptors (Lipinski definition) is 3. The monoisotopic (exact) mass is 320 g/mol. The molecule has 1 N–H and O–H groups in total. The highest BCUT2D eigenvalue weighted by Crippen LogP contribution is 2.39. The van der Waals surface area contributed by atoms with Crippen LogP contribution in [0.15, 0.2) is 12.1 Å². The molecule has 3 nitrogen and oxygen atoms in total. The molecule has 0 bridgehead atoms. The van der Waals surface area contributed by atoms with E-state index < -0.39 is 0 Å². The molecule has 0 aliphatic rings. The zero-order valence-corrected chi connectivity index (χ0v) is 15.9. The molecule has 0 aromatic heterocycles. The van der Waals surface area contributed by atoms with Gasteiger partial charge in [0.25, 0.3) is 0 Å². The van der Waals surface area contributed by atoms with Crippen molar-refractivity contribution in [2.75, 3.05) is 0 Å². The molecule has 0 saturated carbocycles. The molecule has 0 saturated heterocycles. The van der Waals surface area contributed by atoms with Crippen LogP contribution in [0.2, 0.25) is 0 Å². The Kier molecular flexibility index (Phi) is 5.89. The van der Waals surface area contributed by atoms with E-state index in [-0.39, 0.29) is 22.9 Å². The Morgan fingerprint density at radius 3 is 1.83 bits per heavy atom. The Morgan fingerprint density at radius 2 is 1.48 bits per heavy atom. The molecule has 1 aromatic carbocycles. The molecule has 0 fully saturated rings. The standard InChI is InChI=1S/C20H32O3/c1-13(2)23-17(21)10-9-14-11-15(19(3,4)5)18(22)16(12-14)20(6,7)8/h11-13,22H,9-10H2,1-8H3. The van der Waals surface area contributed by atoms with Gasteiger partial charge in [0.1, 0.15) is 5.75 Å². The second-order valence-electron chi connectivity index (χ2n) is 8.58. The summed E-state index contributed by atoms with van der Waals surface area (Å²) in [4.78, 5) is 11.8. The van der Waals surface area contributed by atoms with Crippen LogP contribution in [-0.4, -0.2) is 17.2 Å². The van der Waals surface area contributed by atoms with Crippen molar-refractivity contribution in [3.63, 3.8) is 0 Å². The largest absolute Gasteiger partial charge is 0.507 e. The number of aromatic hydroxyl groups is 1. The van der Waals surface area contributed by atoms with E-state index in [0.717, 1.165) is 16.7 Å². The average Bonchev–Trinajstić information content (AvgIpc) is 2.33. The normalized spacial score (nSPS) is 12.6. The lowest BCUT2D eigenvalue weighted by Crippen LogP contribution is -2.18. The Bertz CT molecular complexity index is 522. The van der Waals surface area contributed by atoms with Crippen molar-refractivity contribution in [2.45, 2.75) is 85.2 Å². The minimum atomic E-state index is -0.178. The van der Waals surface area contributed by atoms with Crippen molar-refractivity contribution in [1.29, 1.82) is 0 Å². The zero-order valence-electron chi connectivity index (χ0n) is 15.9. The molecule has 0 radical (unpaired) electrons. The summed E-state index contributed by atoms with van der Waals surface area (Å²) in [5, 5.41) is 10.7. The van der Waals surface area contributed by atoms with Crippen LogP contribution in [-0.2, 0) is 26.8 Å². The number of rotatable bonds is 4. The van der Waals surface area contributed by atoms with E-state index in [0.29, 0.717) is 18.6 Å². The lowest BCUT2D eigenvalue weighted by molar-refractivity contribution is -0.147. The van der Waals surface area contributed by atoms with Crippen LogP contribution in [0.5, 0.6) is 5.75 Å². The number of carbonyl (C=O) groups is 1. The average molecular weight is 320 g/mol. The fraction of sp³-hybridized carbons (Fsp3) is 0.650. The van der Waals surface area contributed by atoms with Crippen LogP contribution in [0.25, 0.3) is 0 Å². The first-order chi connectivity index (χ1) is 10.3. The fourth-order valence-corrected chi connectivity index (χ4v) is 2.55. The maximum absolute atomic E-state index is 11.8. The molecule has 0 atom stereocenters. The maximum atomic E-state index is 11.8. The first-order valence-corrected chi connectivity index (χ1v) is 8.38. The summed E-state index contributed by atoms with van der Waals surface area (Å²) in [6.07, 6.45) is 0.895. The molecule has 3 heteroatoms. The van der Waals surface area contributed by atoms with E-state index in [1.54, 1.807) is 0 Å². The summed E-state index contributed by atoms with van der Waals surface area (Å²) in [7, 11) is 0. The van der Waals surface area contributed by atoms with Gasteiger partial charge in [0.2, 0.25) is 0 Å². The predicted molar refractivity (Wildman–Crippen MR) is 95.1 cm³/mol. The van der Waals surface area contributed by atoms with E-state index in [2.05, 4.69) is 41.5 Å². The fourth-order valence-electron chi connectivity index (χ4n) is 2.55. The number of aryl methyl sites for hydroxylation is 1. The van der Waals surface area contributed by atoms with Gasteiger partial charge in [-0.2, -0.15) is 0 Å². The van der Waals surface area contributed by atoms with Gasteiger partial charge in [0.05, 0.1) is 6.10 Å². The third-order valence-electron chi connectivity index (χ3n) is 3.77. The van der Waals surface area contributed by atoms with Gasteiger partial charge in [0, 0.05) is 6.42 Å². The van der Waals surface area contributed by atoms with Gasteiger partial charge in [-0.3, -0.25) is 4.79 Å². The van der Waals surface area contributed by atoms with Crippen molar-refractivity contribution < 1.29 is 14.6 Å². The van der Waals surface area contributed by atoms with Gasteiger partial charge in [-0.15, -0.1) is 0 Å². The topological polar surface area (TPSA) is 46.5 Å². The first kappa shape index (κ1) is 19.5. The van der Waals surface area contributed by atoms with Crippen molar-refractivity contribution >= 4 is 5.97 Å². The Morgan fingerprint density at radius 1 is 1.04 bits per heavy atom. The molecule has 0 unspecified atom stereocenters. The van der Waals surface area contributed by atoms with Crippen LogP contribution in [0.4, 0.5) is 0 Å². The first-order valence-electron chi connectivity index (χ1n) is 8.38. The summed E-state index contributed by atoms with van der Waals surface area (Å²) in [6.45, 7) is 16.2. The molecule has 130 valence electrons. The second-order valence-corrected chi connectivity index (χ2v) is 8.58. The summed E-state index contributed by atoms with van der Waals surface area (Å²) in [5.74, 6) is 0.196. The minimum Gasteiger partial charge on any atom is -0.507 e. The highest BCUT2D eigenvalue weighted by Gasteiger charge is 2.26. The molecule has 0 amide bonds. The molecular weight excluding hydrogens is 288 g/mol. The smallest absolute Gasteiger partial charge is 0.306 e. The van der Waals surface area contributed by atoms with Crippen molar-refractivity contribution in [3.05, 3.63) is 28.8 Å². The second kappa shape index (κ2) is 6.94. The van der Waals surface area contributed by atoms with Crippen molar-refractivity contribution in [3.8, 4) is 5.75 Å². The number of benzene rings is 1. The molecule has 0 aliphatic carbocycles.